The van der Waals surface area contributed by atoms with Crippen molar-refractivity contribution in [1.82, 2.24) is 4.98 Å². The first kappa shape index (κ1) is 16.1. The molecular weight excluding hydrogens is 294 g/mol. The highest BCUT2D eigenvalue weighted by Crippen LogP contribution is 2.27. The van der Waals surface area contributed by atoms with Gasteiger partial charge in [0.2, 0.25) is 0 Å². The summed E-state index contributed by atoms with van der Waals surface area (Å²) in [7, 11) is 1.70. The number of H-pyrrole nitrogens is 1. The van der Waals surface area contributed by atoms with Gasteiger partial charge in [-0.3, -0.25) is 0 Å². The van der Waals surface area contributed by atoms with E-state index in [0.29, 0.717) is 0 Å². The Bertz CT molecular complexity index is 785. The van der Waals surface area contributed by atoms with Gasteiger partial charge in [-0.15, -0.1) is 6.58 Å². The second-order valence-electron chi connectivity index (χ2n) is 5.87. The van der Waals surface area contributed by atoms with Crippen LogP contribution in [0, 0.1) is 0 Å². The van der Waals surface area contributed by atoms with Gasteiger partial charge in [-0.1, -0.05) is 48.5 Å². The number of benzene rings is 2. The van der Waals surface area contributed by atoms with Gasteiger partial charge in [0.25, 0.3) is 0 Å². The average molecular weight is 317 g/mol. The number of allylic oxidation sites excluding steroid dienone is 1. The van der Waals surface area contributed by atoms with Crippen LogP contribution >= 0.6 is 0 Å². The molecule has 0 fully saturated rings. The van der Waals surface area contributed by atoms with Gasteiger partial charge in [0.1, 0.15) is 5.75 Å². The first-order chi connectivity index (χ1) is 11.8. The highest BCUT2D eigenvalue weighted by Gasteiger charge is 2.11. The first-order valence-corrected chi connectivity index (χ1v) is 8.30. The van der Waals surface area contributed by atoms with E-state index < -0.39 is 0 Å². The van der Waals surface area contributed by atoms with E-state index >= 15 is 0 Å². The highest BCUT2D eigenvalue weighted by atomic mass is 16.5. The highest BCUT2D eigenvalue weighted by molar-refractivity contribution is 5.65. The van der Waals surface area contributed by atoms with Gasteiger partial charge in [-0.05, 0) is 53.6 Å². The molecule has 2 nitrogen and oxygen atoms in total. The smallest absolute Gasteiger partial charge is 0.118 e. The van der Waals surface area contributed by atoms with E-state index in [1.54, 1.807) is 7.11 Å². The Labute approximate surface area is 143 Å². The quantitative estimate of drug-likeness (QED) is 0.595. The number of nitrogens with one attached hydrogen (secondary N) is 1. The van der Waals surface area contributed by atoms with Crippen molar-refractivity contribution < 1.29 is 4.74 Å². The van der Waals surface area contributed by atoms with Crippen LogP contribution < -0.4 is 4.74 Å². The maximum Gasteiger partial charge on any atom is 0.118 e. The van der Waals surface area contributed by atoms with Crippen molar-refractivity contribution >= 4 is 0 Å². The lowest BCUT2D eigenvalue weighted by molar-refractivity contribution is 0.414. The van der Waals surface area contributed by atoms with Crippen LogP contribution in [0.4, 0.5) is 0 Å². The topological polar surface area (TPSA) is 25.0 Å². The zero-order valence-corrected chi connectivity index (χ0v) is 14.1. The summed E-state index contributed by atoms with van der Waals surface area (Å²) in [4.78, 5) is 3.46. The first-order valence-electron chi connectivity index (χ1n) is 8.30. The number of ether oxygens (including phenoxy) is 1. The summed E-state index contributed by atoms with van der Waals surface area (Å²) in [5.74, 6) is 0.902. The lowest BCUT2D eigenvalue weighted by Crippen LogP contribution is -1.95. The third-order valence-corrected chi connectivity index (χ3v) is 4.33. The summed E-state index contributed by atoms with van der Waals surface area (Å²) in [6.07, 6.45) is 7.03. The monoisotopic (exact) mass is 317 g/mol. The summed E-state index contributed by atoms with van der Waals surface area (Å²) < 4.78 is 5.22. The van der Waals surface area contributed by atoms with Gasteiger partial charge in [0, 0.05) is 11.9 Å². The van der Waals surface area contributed by atoms with Crippen molar-refractivity contribution in [2.75, 3.05) is 7.11 Å². The Hall–Kier alpha value is -2.74. The number of aromatic amines is 1. The van der Waals surface area contributed by atoms with Crippen LogP contribution in [0.3, 0.4) is 0 Å². The molecule has 0 bridgehead atoms. The molecule has 1 heterocycles. The molecule has 0 aliphatic carbocycles. The number of hydrogen-bond acceptors (Lipinski definition) is 1. The molecule has 0 atom stereocenters. The fourth-order valence-electron chi connectivity index (χ4n) is 3.03. The molecule has 0 saturated heterocycles. The minimum Gasteiger partial charge on any atom is -0.497 e. The summed E-state index contributed by atoms with van der Waals surface area (Å²) in [5.41, 5.74) is 6.47. The van der Waals surface area contributed by atoms with Crippen LogP contribution in [-0.4, -0.2) is 12.1 Å². The van der Waals surface area contributed by atoms with Gasteiger partial charge < -0.3 is 9.72 Å². The van der Waals surface area contributed by atoms with Crippen LogP contribution in [0.2, 0.25) is 0 Å². The van der Waals surface area contributed by atoms with Crippen LogP contribution in [0.15, 0.2) is 73.4 Å². The summed E-state index contributed by atoms with van der Waals surface area (Å²) in [5, 5.41) is 0. The largest absolute Gasteiger partial charge is 0.497 e. The second-order valence-corrected chi connectivity index (χ2v) is 5.87. The van der Waals surface area contributed by atoms with E-state index in [-0.39, 0.29) is 0 Å². The lowest BCUT2D eigenvalue weighted by atomic mass is 9.98. The predicted octanol–water partition coefficient (Wildman–Crippen LogP) is 5.20. The van der Waals surface area contributed by atoms with Crippen LogP contribution in [-0.2, 0) is 19.3 Å². The number of rotatable bonds is 7. The number of aromatic nitrogens is 1. The molecule has 24 heavy (non-hydrogen) atoms. The zero-order valence-electron chi connectivity index (χ0n) is 14.1. The minimum absolute atomic E-state index is 0.881. The minimum atomic E-state index is 0.881. The molecule has 122 valence electrons. The normalized spacial score (nSPS) is 10.5. The van der Waals surface area contributed by atoms with Crippen molar-refractivity contribution in [3.05, 3.63) is 90.1 Å². The maximum atomic E-state index is 5.22. The van der Waals surface area contributed by atoms with E-state index in [1.807, 2.05) is 24.3 Å². The van der Waals surface area contributed by atoms with Crippen molar-refractivity contribution in [3.8, 4) is 17.0 Å². The molecule has 0 spiro atoms. The third kappa shape index (κ3) is 3.60. The standard InChI is InChI=1S/C22H23NO/c1-3-7-21-19(13-10-17-11-14-20(24-2)15-12-17)16-23-22(21)18-8-5-4-6-9-18/h3-6,8-9,11-12,14-16,23H,1,7,10,13H2,2H3. The predicted molar refractivity (Wildman–Crippen MR) is 101 cm³/mol. The molecule has 0 saturated carbocycles. The molecule has 2 heteroatoms. The number of aryl methyl sites for hydroxylation is 2. The Kier molecular flexibility index (Phi) is 5.17. The van der Waals surface area contributed by atoms with Crippen molar-refractivity contribution in [3.63, 3.8) is 0 Å². The van der Waals surface area contributed by atoms with E-state index in [9.17, 15) is 0 Å². The Morgan fingerprint density at radius 1 is 1.00 bits per heavy atom. The molecule has 0 amide bonds. The molecule has 0 unspecified atom stereocenters. The van der Waals surface area contributed by atoms with Gasteiger partial charge >= 0.3 is 0 Å². The molecular formula is C22H23NO. The Morgan fingerprint density at radius 3 is 2.42 bits per heavy atom. The molecule has 0 aliphatic heterocycles. The van der Waals surface area contributed by atoms with E-state index in [0.717, 1.165) is 25.0 Å². The molecule has 0 radical (unpaired) electrons. The molecule has 0 aliphatic rings. The Balaban J connectivity index is 1.80. The van der Waals surface area contributed by atoms with Crippen LogP contribution in [0.5, 0.6) is 5.75 Å². The van der Waals surface area contributed by atoms with Gasteiger partial charge in [-0.25, -0.2) is 0 Å². The molecule has 2 aromatic carbocycles. The third-order valence-electron chi connectivity index (χ3n) is 4.33. The molecule has 1 N–H and O–H groups in total. The fraction of sp³-hybridized carbons (Fsp3) is 0.182. The SMILES string of the molecule is C=CCc1c(CCc2ccc(OC)cc2)c[nH]c1-c1ccccc1. The fourth-order valence-corrected chi connectivity index (χ4v) is 3.03. The average Bonchev–Trinajstić information content (AvgIpc) is 3.04. The Morgan fingerprint density at radius 2 is 1.75 bits per heavy atom. The van der Waals surface area contributed by atoms with Gasteiger partial charge in [0.15, 0.2) is 0 Å². The number of methoxy groups -OCH3 is 1. The van der Waals surface area contributed by atoms with Crippen LogP contribution in [0.1, 0.15) is 16.7 Å². The second kappa shape index (κ2) is 7.69. The van der Waals surface area contributed by atoms with Gasteiger partial charge in [-0.2, -0.15) is 0 Å². The molecule has 3 aromatic rings. The maximum absolute atomic E-state index is 5.22. The molecule has 3 rings (SSSR count). The zero-order chi connectivity index (χ0) is 16.8. The van der Waals surface area contributed by atoms with E-state index in [4.69, 9.17) is 4.74 Å². The summed E-state index contributed by atoms with van der Waals surface area (Å²) >= 11 is 0. The van der Waals surface area contributed by atoms with Crippen molar-refractivity contribution in [2.24, 2.45) is 0 Å². The summed E-state index contributed by atoms with van der Waals surface area (Å²) in [6, 6.07) is 18.8. The summed E-state index contributed by atoms with van der Waals surface area (Å²) in [6.45, 7) is 3.92. The lowest BCUT2D eigenvalue weighted by Gasteiger charge is -2.07. The van der Waals surface area contributed by atoms with E-state index in [1.165, 1.54) is 27.9 Å². The number of hydrogen-bond donors (Lipinski definition) is 1. The van der Waals surface area contributed by atoms with Crippen molar-refractivity contribution in [2.45, 2.75) is 19.3 Å². The van der Waals surface area contributed by atoms with Gasteiger partial charge in [0.05, 0.1) is 7.11 Å². The van der Waals surface area contributed by atoms with Crippen molar-refractivity contribution in [1.29, 1.82) is 0 Å². The molecule has 1 aromatic heterocycles. The van der Waals surface area contributed by atoms with E-state index in [2.05, 4.69) is 54.2 Å². The van der Waals surface area contributed by atoms with Crippen LogP contribution in [0.25, 0.3) is 11.3 Å².